The van der Waals surface area contributed by atoms with E-state index in [1.165, 1.54) is 29.4 Å². The highest BCUT2D eigenvalue weighted by Crippen LogP contribution is 2.39. The molecule has 3 saturated heterocycles. The Labute approximate surface area is 507 Å². The molecule has 0 radical (unpaired) electrons. The number of β-amino-alcohol motifs (C(OH)–C–C–N with tert-alkyl or cyclic N) is 1. The highest BCUT2D eigenvalue weighted by atomic mass is 32.1. The van der Waals surface area contributed by atoms with Crippen molar-refractivity contribution in [2.75, 3.05) is 108 Å². The van der Waals surface area contributed by atoms with Crippen LogP contribution in [0.25, 0.3) is 21.6 Å². The third-order valence-corrected chi connectivity index (χ3v) is 17.2. The Bertz CT molecular complexity index is 3180. The molecule has 0 spiro atoms. The topological polar surface area (TPSA) is 212 Å². The maximum absolute atomic E-state index is 16.2. The third-order valence-electron chi connectivity index (χ3n) is 16.2. The number of aromatic nitrogens is 3. The van der Waals surface area contributed by atoms with Gasteiger partial charge in [0, 0.05) is 113 Å². The van der Waals surface area contributed by atoms with Crippen LogP contribution in [-0.2, 0) is 46.1 Å². The number of piperazine rings is 2. The number of aliphatic hydroxyl groups excluding tert-OH is 1. The number of likely N-dealkylation sites (N-methyl/N-ethyl adjacent to an activating group) is 1. The van der Waals surface area contributed by atoms with Gasteiger partial charge < -0.3 is 49.6 Å². The molecule has 8 rings (SSSR count). The Kier molecular flexibility index (Phi) is 22.2. The second-order valence-corrected chi connectivity index (χ2v) is 24.3. The number of benzene rings is 3. The number of aliphatic hydroxyl groups is 1. The molecule has 3 aliphatic rings. The quantitative estimate of drug-likeness (QED) is 0.0394. The fourth-order valence-corrected chi connectivity index (χ4v) is 11.8. The maximum Gasteiger partial charge on any atom is 0.417 e. The van der Waals surface area contributed by atoms with E-state index in [0.29, 0.717) is 45.2 Å². The average molecular weight is 1230 g/mol. The Morgan fingerprint density at radius 3 is 2.02 bits per heavy atom. The van der Waals surface area contributed by atoms with Crippen LogP contribution in [0, 0.1) is 29.9 Å². The minimum Gasteiger partial charge on any atom is -0.391 e. The van der Waals surface area contributed by atoms with Gasteiger partial charge in [0.1, 0.15) is 23.5 Å². The minimum atomic E-state index is -5.03. The summed E-state index contributed by atoms with van der Waals surface area (Å²) in [5, 5.41) is 16.1. The van der Waals surface area contributed by atoms with Crippen molar-refractivity contribution in [1.82, 2.24) is 35.0 Å². The number of aryl methyl sites for hydroxylation is 1. The van der Waals surface area contributed by atoms with Crippen molar-refractivity contribution in [3.05, 3.63) is 107 Å². The smallest absolute Gasteiger partial charge is 0.391 e. The minimum absolute atomic E-state index is 0.00217. The summed E-state index contributed by atoms with van der Waals surface area (Å²) < 4.78 is 89.0. The predicted octanol–water partition coefficient (Wildman–Crippen LogP) is 8.03. The van der Waals surface area contributed by atoms with Gasteiger partial charge in [-0.15, -0.1) is 11.3 Å². The molecule has 3 aliphatic heterocycles. The molecule has 2 aromatic heterocycles. The summed E-state index contributed by atoms with van der Waals surface area (Å²) in [7, 11) is 1.96. The van der Waals surface area contributed by atoms with Crippen molar-refractivity contribution < 1.29 is 65.2 Å². The van der Waals surface area contributed by atoms with Gasteiger partial charge in [-0.1, -0.05) is 45.0 Å². The molecule has 0 unspecified atom stereocenters. The van der Waals surface area contributed by atoms with Gasteiger partial charge in [0.05, 0.1) is 90.7 Å². The lowest BCUT2D eigenvalue weighted by atomic mass is 9.76. The number of halogens is 5. The molecule has 19 nitrogen and oxygen atoms in total. The van der Waals surface area contributed by atoms with E-state index in [9.17, 15) is 46.6 Å². The molecule has 0 aliphatic carbocycles. The van der Waals surface area contributed by atoms with E-state index in [2.05, 4.69) is 30.5 Å². The number of nitrogens with one attached hydrogen (secondary N) is 2. The van der Waals surface area contributed by atoms with Gasteiger partial charge in [-0.2, -0.15) is 13.2 Å². The molecule has 3 N–H and O–H groups in total. The van der Waals surface area contributed by atoms with Crippen LogP contribution in [0.3, 0.4) is 0 Å². The van der Waals surface area contributed by atoms with Crippen molar-refractivity contribution in [3.63, 3.8) is 0 Å². The van der Waals surface area contributed by atoms with Crippen molar-refractivity contribution >= 4 is 58.1 Å². The zero-order chi connectivity index (χ0) is 62.7. The lowest BCUT2D eigenvalue weighted by Crippen LogP contribution is -2.55. The molecule has 3 fully saturated rings. The molecular formula is C62H77F5N10O9S. The fourth-order valence-electron chi connectivity index (χ4n) is 11.0. The number of anilines is 3. The fraction of sp³-hybridized carbons (Fsp3) is 0.516. The third kappa shape index (κ3) is 17.2. The summed E-state index contributed by atoms with van der Waals surface area (Å²) in [5.74, 6) is -4.35. The van der Waals surface area contributed by atoms with Crippen LogP contribution in [-0.4, -0.2) is 181 Å². The van der Waals surface area contributed by atoms with Crippen molar-refractivity contribution in [2.45, 2.75) is 104 Å². The van der Waals surface area contributed by atoms with E-state index in [0.717, 1.165) is 33.8 Å². The van der Waals surface area contributed by atoms with Gasteiger partial charge in [0.25, 0.3) is 5.91 Å². The molecule has 5 atom stereocenters. The molecule has 0 saturated carbocycles. The Balaban J connectivity index is 0.719. The summed E-state index contributed by atoms with van der Waals surface area (Å²) in [6.07, 6.45) is -2.79. The highest BCUT2D eigenvalue weighted by molar-refractivity contribution is 7.13. The van der Waals surface area contributed by atoms with E-state index in [1.54, 1.807) is 21.7 Å². The zero-order valence-electron chi connectivity index (χ0n) is 50.1. The number of rotatable bonds is 24. The van der Waals surface area contributed by atoms with Crippen LogP contribution >= 0.6 is 11.3 Å². The SMILES string of the molecule is Cc1ncsc1-c1ccc(CNC(=O)[C@@H]2C[C@@H](O)CN2C(=O)[C@@H](CC(=O)CCOCCOCCOCCC(=O)N2CCN(c3ncc(-c4cc(NC(=O)c5ccc(F)cc5C(F)(F)F)c(N5C[C@@H](C)N(C)[C@@H](C)C5)cc4F)cn3)CC2)C(C)(C)C)cc1. The number of thiazole rings is 1. The lowest BCUT2D eigenvalue weighted by Gasteiger charge is -2.44. The number of hydrogen-bond acceptors (Lipinski definition) is 16. The first kappa shape index (κ1) is 65.9. The lowest BCUT2D eigenvalue weighted by molar-refractivity contribution is -0.146. The maximum atomic E-state index is 16.2. The monoisotopic (exact) mass is 1230 g/mol. The molecule has 4 amide bonds. The summed E-state index contributed by atoms with van der Waals surface area (Å²) in [4.78, 5) is 90.8. The number of ether oxygens (including phenoxy) is 3. The average Bonchev–Trinajstić information content (AvgIpc) is 1.83. The first-order chi connectivity index (χ1) is 41.4. The zero-order valence-corrected chi connectivity index (χ0v) is 50.9. The molecule has 0 bridgehead atoms. The van der Waals surface area contributed by atoms with Gasteiger partial charge in [0.2, 0.25) is 23.7 Å². The van der Waals surface area contributed by atoms with Gasteiger partial charge in [-0.25, -0.2) is 23.7 Å². The molecule has 3 aromatic carbocycles. The highest BCUT2D eigenvalue weighted by Gasteiger charge is 2.45. The first-order valence-corrected chi connectivity index (χ1v) is 30.1. The molecule has 25 heteroatoms. The van der Waals surface area contributed by atoms with E-state index in [1.807, 2.05) is 82.7 Å². The number of ketones is 1. The molecule has 87 heavy (non-hydrogen) atoms. The summed E-state index contributed by atoms with van der Waals surface area (Å²) >= 11 is 1.56. The predicted molar refractivity (Wildman–Crippen MR) is 319 cm³/mol. The number of amides is 4. The Morgan fingerprint density at radius 2 is 1.41 bits per heavy atom. The van der Waals surface area contributed by atoms with E-state index in [4.69, 9.17) is 14.2 Å². The van der Waals surface area contributed by atoms with Crippen molar-refractivity contribution in [1.29, 1.82) is 0 Å². The molecule has 5 heterocycles. The van der Waals surface area contributed by atoms with E-state index >= 15 is 4.39 Å². The number of likely N-dealkylation sites (tertiary alicyclic amines) is 1. The number of carbonyl (C=O) groups is 5. The number of carbonyl (C=O) groups excluding carboxylic acids is 5. The number of alkyl halides is 3. The van der Waals surface area contributed by atoms with Crippen LogP contribution in [0.5, 0.6) is 0 Å². The van der Waals surface area contributed by atoms with E-state index < -0.39 is 58.3 Å². The summed E-state index contributed by atoms with van der Waals surface area (Å²) in [6, 6.07) is 11.4. The molecule has 470 valence electrons. The van der Waals surface area contributed by atoms with Crippen LogP contribution in [0.2, 0.25) is 0 Å². The van der Waals surface area contributed by atoms with Gasteiger partial charge >= 0.3 is 6.18 Å². The Morgan fingerprint density at radius 1 is 0.782 bits per heavy atom. The summed E-state index contributed by atoms with van der Waals surface area (Å²) in [5.41, 5.74) is 2.35. The number of Topliss-reactive ketones (excluding diaryl/α,β-unsaturated/α-hetero) is 1. The number of nitrogens with zero attached hydrogens (tertiary/aromatic N) is 8. The van der Waals surface area contributed by atoms with Gasteiger partial charge in [0.15, 0.2) is 0 Å². The Hall–Kier alpha value is -7.03. The van der Waals surface area contributed by atoms with Crippen LogP contribution in [0.1, 0.15) is 87.5 Å². The van der Waals surface area contributed by atoms with Crippen LogP contribution in [0.4, 0.5) is 39.3 Å². The largest absolute Gasteiger partial charge is 0.417 e. The molecular weight excluding hydrogens is 1160 g/mol. The summed E-state index contributed by atoms with van der Waals surface area (Å²) in [6.45, 7) is 15.5. The van der Waals surface area contributed by atoms with Crippen LogP contribution < -0.4 is 20.4 Å². The first-order valence-electron chi connectivity index (χ1n) is 29.2. The van der Waals surface area contributed by atoms with Crippen molar-refractivity contribution in [3.8, 4) is 21.6 Å². The standard InChI is InChI=1S/C62H77F5N10O9S/c1-38-34-76(35-39(2)73(38)7)53-30-51(64)48(29-52(53)72-57(81)47-13-12-44(63)26-49(47)62(65,66)67)43-32-69-60(70-33-43)75-18-16-74(17-19-75)55(80)15-21-85-23-25-86-24-22-84-20-14-45(78)27-50(61(4,5)6)59(83)77-36-46(79)28-54(77)58(82)68-31-41-8-10-42(11-9-41)56-40(3)71-37-87-56/h8-13,26,29-30,32-33,37-39,46,50,54,79H,14-25,27-28,31,34-36H2,1-7H3,(H,68,82)(H,72,81)/t38-,39+,46-,50-,54+/m1/s1. The second kappa shape index (κ2) is 29.3. The normalized spacial score (nSPS) is 18.9. The van der Waals surface area contributed by atoms with Crippen molar-refractivity contribution in [2.24, 2.45) is 11.3 Å². The van der Waals surface area contributed by atoms with E-state index in [-0.39, 0.29) is 143 Å². The number of hydrogen-bond donors (Lipinski definition) is 3. The van der Waals surface area contributed by atoms with Gasteiger partial charge in [-0.3, -0.25) is 28.9 Å². The van der Waals surface area contributed by atoms with Gasteiger partial charge in [-0.05, 0) is 74.7 Å². The van der Waals surface area contributed by atoms with Crippen LogP contribution in [0.15, 0.2) is 72.5 Å². The second-order valence-electron chi connectivity index (χ2n) is 23.5. The molecule has 5 aromatic rings.